The van der Waals surface area contributed by atoms with Gasteiger partial charge in [-0.15, -0.1) is 0 Å². The molecule has 0 spiro atoms. The third-order valence-corrected chi connectivity index (χ3v) is 5.74. The van der Waals surface area contributed by atoms with Crippen molar-refractivity contribution in [3.63, 3.8) is 0 Å². The standard InChI is InChI=1S/C25H20BrFO3/c26-19-9-12-24(30-15-16-7-10-20(27)11-8-16)23(14-19)22-6-2-5-21(22)17-3-1-4-18(13-17)25(28)29/h1,3-4,7-14H,2,5-6,15H2,(H,28,29). The van der Waals surface area contributed by atoms with Gasteiger partial charge in [-0.2, -0.15) is 0 Å². The Morgan fingerprint density at radius 2 is 1.77 bits per heavy atom. The highest BCUT2D eigenvalue weighted by Crippen LogP contribution is 2.43. The monoisotopic (exact) mass is 466 g/mol. The van der Waals surface area contributed by atoms with Gasteiger partial charge in [-0.3, -0.25) is 0 Å². The highest BCUT2D eigenvalue weighted by atomic mass is 79.9. The predicted molar refractivity (Wildman–Crippen MR) is 119 cm³/mol. The van der Waals surface area contributed by atoms with Crippen molar-refractivity contribution in [1.82, 2.24) is 0 Å². The summed E-state index contributed by atoms with van der Waals surface area (Å²) in [5.41, 5.74) is 5.44. The molecule has 0 amide bonds. The fourth-order valence-electron chi connectivity index (χ4n) is 3.81. The van der Waals surface area contributed by atoms with Gasteiger partial charge in [0.25, 0.3) is 0 Å². The Labute approximate surface area is 183 Å². The van der Waals surface area contributed by atoms with Gasteiger partial charge < -0.3 is 9.84 Å². The van der Waals surface area contributed by atoms with Crippen LogP contribution in [0.25, 0.3) is 11.1 Å². The molecule has 3 aromatic carbocycles. The molecule has 0 bridgehead atoms. The van der Waals surface area contributed by atoms with E-state index in [-0.39, 0.29) is 11.4 Å². The van der Waals surface area contributed by atoms with E-state index in [0.717, 1.165) is 51.7 Å². The van der Waals surface area contributed by atoms with Crippen molar-refractivity contribution in [2.45, 2.75) is 25.9 Å². The van der Waals surface area contributed by atoms with Crippen LogP contribution in [0.5, 0.6) is 5.75 Å². The summed E-state index contributed by atoms with van der Waals surface area (Å²) in [6, 6.07) is 19.3. The van der Waals surface area contributed by atoms with Crippen LogP contribution in [0.4, 0.5) is 4.39 Å². The summed E-state index contributed by atoms with van der Waals surface area (Å²) in [6.07, 6.45) is 2.80. The predicted octanol–water partition coefficient (Wildman–Crippen LogP) is 6.96. The van der Waals surface area contributed by atoms with E-state index < -0.39 is 5.97 Å². The molecular weight excluding hydrogens is 447 g/mol. The van der Waals surface area contributed by atoms with Crippen LogP contribution in [-0.4, -0.2) is 11.1 Å². The molecule has 0 atom stereocenters. The SMILES string of the molecule is O=C(O)c1cccc(C2=C(c3cc(Br)ccc3OCc3ccc(F)cc3)CCC2)c1. The summed E-state index contributed by atoms with van der Waals surface area (Å²) >= 11 is 3.56. The van der Waals surface area contributed by atoms with E-state index in [1.54, 1.807) is 30.3 Å². The van der Waals surface area contributed by atoms with Gasteiger partial charge in [0.2, 0.25) is 0 Å². The van der Waals surface area contributed by atoms with Crippen molar-refractivity contribution >= 4 is 33.0 Å². The summed E-state index contributed by atoms with van der Waals surface area (Å²) in [5.74, 6) is -0.443. The van der Waals surface area contributed by atoms with Crippen molar-refractivity contribution < 1.29 is 19.0 Å². The second kappa shape index (κ2) is 8.84. The van der Waals surface area contributed by atoms with E-state index in [0.29, 0.717) is 6.61 Å². The summed E-state index contributed by atoms with van der Waals surface area (Å²) in [4.78, 5) is 11.4. The molecule has 1 aliphatic rings. The number of hydrogen-bond donors (Lipinski definition) is 1. The number of carbonyl (C=O) groups is 1. The lowest BCUT2D eigenvalue weighted by molar-refractivity contribution is 0.0697. The van der Waals surface area contributed by atoms with Crippen LogP contribution in [0.15, 0.2) is 71.2 Å². The molecule has 3 aromatic rings. The number of halogens is 2. The molecule has 0 saturated heterocycles. The zero-order valence-corrected chi connectivity index (χ0v) is 17.8. The summed E-state index contributed by atoms with van der Waals surface area (Å²) in [7, 11) is 0. The molecule has 0 aromatic heterocycles. The Morgan fingerprint density at radius 3 is 2.53 bits per heavy atom. The quantitative estimate of drug-likeness (QED) is 0.426. The second-order valence-corrected chi connectivity index (χ2v) is 8.17. The average molecular weight is 467 g/mol. The van der Waals surface area contributed by atoms with E-state index in [2.05, 4.69) is 15.9 Å². The van der Waals surface area contributed by atoms with Gasteiger partial charge in [-0.1, -0.05) is 40.2 Å². The fraction of sp³-hybridized carbons (Fsp3) is 0.160. The number of benzene rings is 3. The molecule has 0 unspecified atom stereocenters. The van der Waals surface area contributed by atoms with Crippen LogP contribution in [0.1, 0.15) is 46.3 Å². The summed E-state index contributed by atoms with van der Waals surface area (Å²) < 4.78 is 20.2. The molecule has 0 heterocycles. The number of ether oxygens (including phenoxy) is 1. The molecular formula is C25H20BrFO3. The number of allylic oxidation sites excluding steroid dienone is 2. The van der Waals surface area contributed by atoms with Crippen LogP contribution >= 0.6 is 15.9 Å². The summed E-state index contributed by atoms with van der Waals surface area (Å²) in [6.45, 7) is 0.339. The smallest absolute Gasteiger partial charge is 0.335 e. The molecule has 1 aliphatic carbocycles. The fourth-order valence-corrected chi connectivity index (χ4v) is 4.17. The minimum atomic E-state index is -0.928. The van der Waals surface area contributed by atoms with Crippen LogP contribution in [0, 0.1) is 5.82 Å². The average Bonchev–Trinajstić information content (AvgIpc) is 3.24. The third-order valence-electron chi connectivity index (χ3n) is 5.25. The van der Waals surface area contributed by atoms with Gasteiger partial charge in [0.15, 0.2) is 0 Å². The maximum absolute atomic E-state index is 13.2. The van der Waals surface area contributed by atoms with Gasteiger partial charge >= 0.3 is 5.97 Å². The number of aromatic carboxylic acids is 1. The first kappa shape index (κ1) is 20.4. The lowest BCUT2D eigenvalue weighted by Gasteiger charge is -2.15. The number of rotatable bonds is 6. The van der Waals surface area contributed by atoms with Gasteiger partial charge in [-0.25, -0.2) is 9.18 Å². The molecule has 0 aliphatic heterocycles. The first-order chi connectivity index (χ1) is 14.5. The zero-order chi connectivity index (χ0) is 21.1. The van der Waals surface area contributed by atoms with E-state index in [9.17, 15) is 14.3 Å². The lowest BCUT2D eigenvalue weighted by atomic mass is 9.95. The van der Waals surface area contributed by atoms with Crippen LogP contribution in [-0.2, 0) is 6.61 Å². The highest BCUT2D eigenvalue weighted by molar-refractivity contribution is 9.10. The number of hydrogen-bond acceptors (Lipinski definition) is 2. The third kappa shape index (κ3) is 4.46. The van der Waals surface area contributed by atoms with Crippen LogP contribution in [0.2, 0.25) is 0 Å². The Hall–Kier alpha value is -2.92. The Kier molecular flexibility index (Phi) is 6.00. The van der Waals surface area contributed by atoms with E-state index >= 15 is 0 Å². The maximum atomic E-state index is 13.2. The summed E-state index contributed by atoms with van der Waals surface area (Å²) in [5, 5.41) is 9.35. The van der Waals surface area contributed by atoms with Gasteiger partial charge in [0, 0.05) is 10.0 Å². The minimum absolute atomic E-state index is 0.271. The van der Waals surface area contributed by atoms with E-state index in [1.165, 1.54) is 17.7 Å². The van der Waals surface area contributed by atoms with Crippen molar-refractivity contribution in [2.75, 3.05) is 0 Å². The first-order valence-electron chi connectivity index (χ1n) is 9.74. The first-order valence-corrected chi connectivity index (χ1v) is 10.5. The largest absolute Gasteiger partial charge is 0.488 e. The molecule has 5 heteroatoms. The molecule has 4 rings (SSSR count). The molecule has 0 radical (unpaired) electrons. The molecule has 0 fully saturated rings. The maximum Gasteiger partial charge on any atom is 0.335 e. The van der Waals surface area contributed by atoms with Crippen molar-refractivity contribution in [3.8, 4) is 5.75 Å². The molecule has 3 nitrogen and oxygen atoms in total. The van der Waals surface area contributed by atoms with Gasteiger partial charge in [-0.05, 0) is 84.0 Å². The van der Waals surface area contributed by atoms with E-state index in [4.69, 9.17) is 4.74 Å². The minimum Gasteiger partial charge on any atom is -0.488 e. The van der Waals surface area contributed by atoms with Gasteiger partial charge in [0.05, 0.1) is 5.56 Å². The Balaban J connectivity index is 1.70. The van der Waals surface area contributed by atoms with Crippen LogP contribution < -0.4 is 4.74 Å². The van der Waals surface area contributed by atoms with Crippen molar-refractivity contribution in [1.29, 1.82) is 0 Å². The highest BCUT2D eigenvalue weighted by Gasteiger charge is 2.21. The molecule has 0 saturated carbocycles. The Bertz CT molecular complexity index is 1120. The van der Waals surface area contributed by atoms with Crippen molar-refractivity contribution in [3.05, 3.63) is 99.3 Å². The normalized spacial score (nSPS) is 13.5. The second-order valence-electron chi connectivity index (χ2n) is 7.25. The van der Waals surface area contributed by atoms with Crippen LogP contribution in [0.3, 0.4) is 0 Å². The number of carboxylic acids is 1. The molecule has 152 valence electrons. The van der Waals surface area contributed by atoms with Crippen molar-refractivity contribution in [2.24, 2.45) is 0 Å². The number of carboxylic acid groups (broad SMARTS) is 1. The lowest BCUT2D eigenvalue weighted by Crippen LogP contribution is -2.00. The molecule has 1 N–H and O–H groups in total. The van der Waals surface area contributed by atoms with Gasteiger partial charge in [0.1, 0.15) is 18.2 Å². The molecule has 30 heavy (non-hydrogen) atoms. The topological polar surface area (TPSA) is 46.5 Å². The Morgan fingerprint density at radius 1 is 1.00 bits per heavy atom. The zero-order valence-electron chi connectivity index (χ0n) is 16.2. The van der Waals surface area contributed by atoms with E-state index in [1.807, 2.05) is 24.3 Å².